The van der Waals surface area contributed by atoms with Gasteiger partial charge in [-0.1, -0.05) is 62.7 Å². The largest absolute Gasteiger partial charge is 0.494 e. The number of nitrogens with one attached hydrogen (secondary N) is 1. The van der Waals surface area contributed by atoms with Crippen LogP contribution in [-0.4, -0.2) is 32.3 Å². The van der Waals surface area contributed by atoms with Crippen LogP contribution < -0.4 is 20.5 Å². The second kappa shape index (κ2) is 10.4. The maximum Gasteiger partial charge on any atom is 0.407 e. The van der Waals surface area contributed by atoms with Crippen LogP contribution in [0.15, 0.2) is 48.5 Å². The average molecular weight is 559 g/mol. The van der Waals surface area contributed by atoms with Gasteiger partial charge in [-0.05, 0) is 23.1 Å². The molecule has 1 heterocycles. The Labute approximate surface area is 230 Å². The number of carbonyl (C=O) groups is 2. The van der Waals surface area contributed by atoms with E-state index >= 15 is 8.78 Å². The number of alkyl carbamates (subject to hydrolysis) is 1. The summed E-state index contributed by atoms with van der Waals surface area (Å²) in [4.78, 5) is 24.9. The van der Waals surface area contributed by atoms with E-state index in [-0.39, 0.29) is 34.6 Å². The van der Waals surface area contributed by atoms with Crippen molar-refractivity contribution in [3.63, 3.8) is 0 Å². The summed E-state index contributed by atoms with van der Waals surface area (Å²) >= 11 is 6.49. The van der Waals surface area contributed by atoms with Gasteiger partial charge in [0.25, 0.3) is 0 Å². The number of methoxy groups -OCH3 is 2. The average Bonchev–Trinajstić information content (AvgIpc) is 3.27. The van der Waals surface area contributed by atoms with E-state index in [1.165, 1.54) is 26.4 Å². The summed E-state index contributed by atoms with van der Waals surface area (Å²) in [6.07, 6.45) is -0.660. The molecule has 0 aromatic heterocycles. The van der Waals surface area contributed by atoms with E-state index in [2.05, 4.69) is 5.32 Å². The molecule has 1 aliphatic heterocycles. The summed E-state index contributed by atoms with van der Waals surface area (Å²) in [6, 6.07) is 12.0. The van der Waals surface area contributed by atoms with Crippen LogP contribution in [0.5, 0.6) is 11.5 Å². The molecule has 0 spiro atoms. The highest BCUT2D eigenvalue weighted by Crippen LogP contribution is 2.53. The molecule has 10 heteroatoms. The molecule has 3 aromatic carbocycles. The summed E-state index contributed by atoms with van der Waals surface area (Å²) in [5, 5.41) is 2.48. The lowest BCUT2D eigenvalue weighted by molar-refractivity contribution is 0.000297. The number of amides is 2. The minimum Gasteiger partial charge on any atom is -0.494 e. The van der Waals surface area contributed by atoms with Crippen molar-refractivity contribution in [2.75, 3.05) is 14.2 Å². The molecule has 0 fully saturated rings. The Bertz CT molecular complexity index is 1440. The number of nitrogens with two attached hydrogens (primary N) is 1. The van der Waals surface area contributed by atoms with Crippen LogP contribution in [0.25, 0.3) is 11.1 Å². The van der Waals surface area contributed by atoms with Crippen molar-refractivity contribution in [2.24, 2.45) is 11.1 Å². The summed E-state index contributed by atoms with van der Waals surface area (Å²) in [5.74, 6) is -2.86. The first kappa shape index (κ1) is 28.2. The van der Waals surface area contributed by atoms with Crippen molar-refractivity contribution in [3.05, 3.63) is 81.9 Å². The molecule has 2 unspecified atom stereocenters. The molecule has 39 heavy (non-hydrogen) atoms. The second-order valence-electron chi connectivity index (χ2n) is 10.4. The molecular formula is C29H29ClF2N2O5. The van der Waals surface area contributed by atoms with Gasteiger partial charge < -0.3 is 25.3 Å². The van der Waals surface area contributed by atoms with Gasteiger partial charge in [-0.25, -0.2) is 13.6 Å². The monoisotopic (exact) mass is 558 g/mol. The van der Waals surface area contributed by atoms with E-state index in [4.69, 9.17) is 31.5 Å². The highest BCUT2D eigenvalue weighted by molar-refractivity contribution is 6.34. The van der Waals surface area contributed by atoms with Gasteiger partial charge in [0.1, 0.15) is 11.6 Å². The van der Waals surface area contributed by atoms with Crippen LogP contribution in [0.1, 0.15) is 42.3 Å². The summed E-state index contributed by atoms with van der Waals surface area (Å²) in [7, 11) is 2.51. The Morgan fingerprint density at radius 1 is 1.10 bits per heavy atom. The zero-order valence-corrected chi connectivity index (χ0v) is 22.9. The van der Waals surface area contributed by atoms with E-state index in [1.807, 2.05) is 51.1 Å². The number of hydrogen-bond donors (Lipinski definition) is 2. The topological polar surface area (TPSA) is 99.9 Å². The second-order valence-corrected chi connectivity index (χ2v) is 10.7. The molecular weight excluding hydrogens is 530 g/mol. The Hall–Kier alpha value is -3.85. The third-order valence-electron chi connectivity index (χ3n) is 6.90. The fourth-order valence-corrected chi connectivity index (χ4v) is 5.51. The molecule has 1 aliphatic rings. The third-order valence-corrected chi connectivity index (χ3v) is 7.27. The van der Waals surface area contributed by atoms with Gasteiger partial charge in [-0.15, -0.1) is 0 Å². The molecule has 2 amide bonds. The summed E-state index contributed by atoms with van der Waals surface area (Å²) < 4.78 is 47.8. The van der Waals surface area contributed by atoms with Crippen LogP contribution in [0.3, 0.4) is 0 Å². The molecule has 0 saturated carbocycles. The van der Waals surface area contributed by atoms with E-state index in [9.17, 15) is 9.59 Å². The lowest BCUT2D eigenvalue weighted by atomic mass is 9.70. The number of ether oxygens (including phenoxy) is 3. The normalized spacial score (nSPS) is 17.1. The van der Waals surface area contributed by atoms with Gasteiger partial charge in [0.2, 0.25) is 5.91 Å². The van der Waals surface area contributed by atoms with Gasteiger partial charge >= 0.3 is 6.09 Å². The van der Waals surface area contributed by atoms with Crippen LogP contribution in [0.2, 0.25) is 5.02 Å². The Morgan fingerprint density at radius 2 is 1.77 bits per heavy atom. The fourth-order valence-electron chi connectivity index (χ4n) is 5.25. The summed E-state index contributed by atoms with van der Waals surface area (Å²) in [5.41, 5.74) is 4.08. The first-order valence-electron chi connectivity index (χ1n) is 12.1. The molecule has 2 atom stereocenters. The maximum atomic E-state index is 15.8. The predicted octanol–water partition coefficient (Wildman–Crippen LogP) is 5.99. The van der Waals surface area contributed by atoms with Gasteiger partial charge in [-0.3, -0.25) is 4.79 Å². The van der Waals surface area contributed by atoms with Crippen molar-refractivity contribution < 1.29 is 32.6 Å². The maximum absolute atomic E-state index is 15.8. The van der Waals surface area contributed by atoms with E-state index in [0.717, 1.165) is 6.07 Å². The molecule has 0 radical (unpaired) electrons. The zero-order valence-electron chi connectivity index (χ0n) is 22.2. The number of carbonyl (C=O) groups excluding carboxylic acids is 2. The van der Waals surface area contributed by atoms with Gasteiger partial charge in [0, 0.05) is 29.2 Å². The smallest absolute Gasteiger partial charge is 0.407 e. The molecule has 206 valence electrons. The van der Waals surface area contributed by atoms with Crippen LogP contribution >= 0.6 is 11.6 Å². The molecule has 0 bridgehead atoms. The fraction of sp³-hybridized carbons (Fsp3) is 0.310. The Kier molecular flexibility index (Phi) is 7.49. The number of halogens is 3. The Balaban J connectivity index is 2.06. The third kappa shape index (κ3) is 4.87. The lowest BCUT2D eigenvalue weighted by Gasteiger charge is -2.44. The Morgan fingerprint density at radius 3 is 2.33 bits per heavy atom. The number of fused-ring (bicyclic) bond motifs is 1. The van der Waals surface area contributed by atoms with Crippen molar-refractivity contribution in [2.45, 2.75) is 38.8 Å². The highest BCUT2D eigenvalue weighted by atomic mass is 35.5. The number of primary amides is 1. The molecule has 7 nitrogen and oxygen atoms in total. The predicted molar refractivity (Wildman–Crippen MR) is 143 cm³/mol. The first-order chi connectivity index (χ1) is 18.4. The quantitative estimate of drug-likeness (QED) is 0.387. The summed E-state index contributed by atoms with van der Waals surface area (Å²) in [6.45, 7) is 5.73. The van der Waals surface area contributed by atoms with Gasteiger partial charge in [-0.2, -0.15) is 0 Å². The molecule has 3 N–H and O–H groups in total. The van der Waals surface area contributed by atoms with Crippen molar-refractivity contribution in [1.82, 2.24) is 5.32 Å². The minimum atomic E-state index is -1.30. The number of benzene rings is 3. The highest BCUT2D eigenvalue weighted by Gasteiger charge is 2.54. The van der Waals surface area contributed by atoms with Crippen molar-refractivity contribution in [3.8, 4) is 22.6 Å². The van der Waals surface area contributed by atoms with Crippen LogP contribution in [0.4, 0.5) is 13.6 Å². The van der Waals surface area contributed by atoms with E-state index in [1.54, 1.807) is 0 Å². The minimum absolute atomic E-state index is 0.0302. The molecule has 0 saturated heterocycles. The first-order valence-corrected chi connectivity index (χ1v) is 12.5. The van der Waals surface area contributed by atoms with Crippen molar-refractivity contribution >= 4 is 23.6 Å². The van der Waals surface area contributed by atoms with Crippen molar-refractivity contribution in [1.29, 1.82) is 0 Å². The number of hydrogen-bond acceptors (Lipinski definition) is 5. The van der Waals surface area contributed by atoms with Crippen LogP contribution in [0, 0.1) is 17.0 Å². The van der Waals surface area contributed by atoms with Gasteiger partial charge in [0.15, 0.2) is 17.2 Å². The lowest BCUT2D eigenvalue weighted by Crippen LogP contribution is -2.59. The SMILES string of the molecule is COC(=O)NC(C(C)(C)C)C1(c2ccccc2)Cc2c(cc(F)c(Cl)c2-c2c(C(N)=O)ccc(OC)c2F)O1. The van der Waals surface area contributed by atoms with Crippen LogP contribution in [-0.2, 0) is 16.8 Å². The molecule has 3 aromatic rings. The number of rotatable bonds is 6. The van der Waals surface area contributed by atoms with Gasteiger partial charge in [0.05, 0.1) is 30.8 Å². The van der Waals surface area contributed by atoms with E-state index < -0.39 is 45.7 Å². The molecule has 0 aliphatic carbocycles. The molecule has 4 rings (SSSR count). The zero-order chi connectivity index (χ0) is 28.7. The standard InChI is InChI=1S/C29H29ClF2N2O5/c1-28(2,3)26(34-27(36)38-5)29(15-9-7-6-8-10-15)14-17-20(39-29)13-18(31)23(30)21(17)22-16(25(33)35)11-12-19(37-4)24(22)32/h6-13,26H,14H2,1-5H3,(H2,33,35)(H,34,36). The van der Waals surface area contributed by atoms with E-state index in [0.29, 0.717) is 11.1 Å².